The number of allylic oxidation sites excluding steroid dienone is 1. The van der Waals surface area contributed by atoms with Crippen LogP contribution < -0.4 is 5.73 Å². The fraction of sp³-hybridized carbons (Fsp3) is 0.765. The van der Waals surface area contributed by atoms with Crippen LogP contribution in [0.4, 0.5) is 0 Å². The maximum atomic E-state index is 5.52. The summed E-state index contributed by atoms with van der Waals surface area (Å²) in [6.45, 7) is 8.46. The molecule has 1 rings (SSSR count). The van der Waals surface area contributed by atoms with Crippen LogP contribution in [0, 0.1) is 0 Å². The average molecular weight is 340 g/mol. The smallest absolute Gasteiger partial charge is 0.0827 e. The number of nitrogens with two attached hydrogens (primary N) is 1. The Labute approximate surface area is 145 Å². The highest BCUT2D eigenvalue weighted by Crippen LogP contribution is 2.05. The molecule has 0 aliphatic carbocycles. The van der Waals surface area contributed by atoms with Gasteiger partial charge in [0.2, 0.25) is 0 Å². The summed E-state index contributed by atoms with van der Waals surface area (Å²) in [7, 11) is 0. The highest BCUT2D eigenvalue weighted by atomic mass is 16.5. The zero-order chi connectivity index (χ0) is 17.3. The summed E-state index contributed by atoms with van der Waals surface area (Å²) in [5.41, 5.74) is 6.36. The molecule has 7 heteroatoms. The summed E-state index contributed by atoms with van der Waals surface area (Å²) in [5, 5.41) is 8.31. The third-order valence-electron chi connectivity index (χ3n) is 3.40. The number of hydrogen-bond donors (Lipinski definition) is 1. The van der Waals surface area contributed by atoms with Crippen molar-refractivity contribution in [3.8, 4) is 0 Å². The fourth-order valence-electron chi connectivity index (χ4n) is 2.12. The molecule has 138 valence electrons. The van der Waals surface area contributed by atoms with Gasteiger partial charge in [0.1, 0.15) is 0 Å². The van der Waals surface area contributed by atoms with E-state index in [1.54, 1.807) is 0 Å². The molecule has 1 aromatic heterocycles. The van der Waals surface area contributed by atoms with Gasteiger partial charge in [0.05, 0.1) is 51.9 Å². The van der Waals surface area contributed by atoms with Gasteiger partial charge < -0.3 is 19.9 Å². The second-order valence-electron chi connectivity index (χ2n) is 5.49. The Morgan fingerprint density at radius 1 is 1.00 bits per heavy atom. The normalized spacial score (nSPS) is 11.0. The molecular weight excluding hydrogens is 308 g/mol. The topological polar surface area (TPSA) is 84.4 Å². The maximum absolute atomic E-state index is 5.52. The summed E-state index contributed by atoms with van der Waals surface area (Å²) in [5.74, 6) is 0. The number of nitrogens with zero attached hydrogens (tertiary/aromatic N) is 3. The molecule has 1 heterocycles. The Morgan fingerprint density at radius 2 is 1.71 bits per heavy atom. The van der Waals surface area contributed by atoms with Crippen molar-refractivity contribution in [1.29, 1.82) is 0 Å². The highest BCUT2D eigenvalue weighted by Gasteiger charge is 2.01. The molecular formula is C17H32N4O3. The number of ether oxygens (including phenoxy) is 3. The van der Waals surface area contributed by atoms with Crippen LogP contribution >= 0.6 is 0 Å². The van der Waals surface area contributed by atoms with Crippen LogP contribution in [0.15, 0.2) is 18.9 Å². The van der Waals surface area contributed by atoms with Crippen molar-refractivity contribution in [3.63, 3.8) is 0 Å². The van der Waals surface area contributed by atoms with E-state index in [1.807, 2.05) is 17.0 Å². The molecule has 0 atom stereocenters. The van der Waals surface area contributed by atoms with E-state index >= 15 is 0 Å². The summed E-state index contributed by atoms with van der Waals surface area (Å²) in [6.07, 6.45) is 9.60. The van der Waals surface area contributed by atoms with E-state index in [0.29, 0.717) is 52.7 Å². The van der Waals surface area contributed by atoms with Gasteiger partial charge in [0.15, 0.2) is 0 Å². The molecule has 0 aliphatic rings. The molecule has 7 nitrogen and oxygen atoms in total. The average Bonchev–Trinajstić information content (AvgIpc) is 3.04. The van der Waals surface area contributed by atoms with Crippen molar-refractivity contribution in [2.24, 2.45) is 5.73 Å². The molecule has 0 unspecified atom stereocenters. The molecule has 0 saturated carbocycles. The highest BCUT2D eigenvalue weighted by molar-refractivity contribution is 4.92. The van der Waals surface area contributed by atoms with E-state index in [0.717, 1.165) is 25.0 Å². The zero-order valence-corrected chi connectivity index (χ0v) is 14.7. The largest absolute Gasteiger partial charge is 0.378 e. The van der Waals surface area contributed by atoms with E-state index in [9.17, 15) is 0 Å². The van der Waals surface area contributed by atoms with Gasteiger partial charge >= 0.3 is 0 Å². The van der Waals surface area contributed by atoms with Crippen molar-refractivity contribution in [1.82, 2.24) is 15.0 Å². The first kappa shape index (κ1) is 20.8. The van der Waals surface area contributed by atoms with E-state index in [4.69, 9.17) is 19.9 Å². The Hall–Kier alpha value is -1.28. The lowest BCUT2D eigenvalue weighted by Gasteiger charge is -2.06. The van der Waals surface area contributed by atoms with Crippen LogP contribution in [0.1, 0.15) is 31.4 Å². The van der Waals surface area contributed by atoms with Gasteiger partial charge in [0.25, 0.3) is 0 Å². The summed E-state index contributed by atoms with van der Waals surface area (Å²) in [4.78, 5) is 0. The molecule has 0 aliphatic heterocycles. The molecule has 24 heavy (non-hydrogen) atoms. The van der Waals surface area contributed by atoms with E-state index in [-0.39, 0.29) is 0 Å². The van der Waals surface area contributed by atoms with Crippen LogP contribution in [-0.2, 0) is 27.2 Å². The summed E-state index contributed by atoms with van der Waals surface area (Å²) < 4.78 is 17.9. The first-order valence-electron chi connectivity index (χ1n) is 8.80. The second kappa shape index (κ2) is 15.3. The Kier molecular flexibility index (Phi) is 13.2. The van der Waals surface area contributed by atoms with Crippen LogP contribution in [0.2, 0.25) is 0 Å². The van der Waals surface area contributed by atoms with Gasteiger partial charge in [-0.2, -0.15) is 0 Å². The minimum atomic E-state index is 0.544. The number of aromatic nitrogens is 3. The lowest BCUT2D eigenvalue weighted by Crippen LogP contribution is -2.14. The third kappa shape index (κ3) is 11.3. The van der Waals surface area contributed by atoms with Crippen molar-refractivity contribution in [2.75, 3.05) is 46.2 Å². The summed E-state index contributed by atoms with van der Waals surface area (Å²) in [6, 6.07) is 0. The number of hydrogen-bond acceptors (Lipinski definition) is 6. The van der Waals surface area contributed by atoms with Crippen LogP contribution in [-0.4, -0.2) is 61.2 Å². The first-order chi connectivity index (χ1) is 11.9. The standard InChI is InChI=1S/C17H32N4O3/c1-2-3-4-5-6-7-17-16-21(20-19-17)9-11-23-13-15-24-14-12-22-10-8-18/h2,16H,1,3-15,18H2. The molecule has 0 aromatic carbocycles. The Morgan fingerprint density at radius 3 is 2.42 bits per heavy atom. The Balaban J connectivity index is 1.93. The predicted molar refractivity (Wildman–Crippen MR) is 93.9 cm³/mol. The molecule has 0 amide bonds. The fourth-order valence-corrected chi connectivity index (χ4v) is 2.12. The summed E-state index contributed by atoms with van der Waals surface area (Å²) >= 11 is 0. The number of rotatable bonds is 17. The van der Waals surface area contributed by atoms with Crippen molar-refractivity contribution < 1.29 is 14.2 Å². The van der Waals surface area contributed by atoms with Gasteiger partial charge in [-0.3, -0.25) is 0 Å². The molecule has 0 saturated heterocycles. The quantitative estimate of drug-likeness (QED) is 0.342. The first-order valence-corrected chi connectivity index (χ1v) is 8.80. The third-order valence-corrected chi connectivity index (χ3v) is 3.40. The van der Waals surface area contributed by atoms with Gasteiger partial charge in [-0.15, -0.1) is 11.7 Å². The molecule has 1 aromatic rings. The van der Waals surface area contributed by atoms with Gasteiger partial charge in [-0.05, 0) is 25.7 Å². The van der Waals surface area contributed by atoms with E-state index in [1.165, 1.54) is 12.8 Å². The molecule has 2 N–H and O–H groups in total. The van der Waals surface area contributed by atoms with Crippen LogP contribution in [0.25, 0.3) is 0 Å². The lowest BCUT2D eigenvalue weighted by molar-refractivity contribution is 0.0141. The second-order valence-corrected chi connectivity index (χ2v) is 5.49. The molecule has 0 spiro atoms. The van der Waals surface area contributed by atoms with Crippen molar-refractivity contribution in [2.45, 2.75) is 38.6 Å². The van der Waals surface area contributed by atoms with E-state index in [2.05, 4.69) is 16.9 Å². The number of aryl methyl sites for hydroxylation is 1. The lowest BCUT2D eigenvalue weighted by atomic mass is 10.1. The number of unbranched alkanes of at least 4 members (excludes halogenated alkanes) is 3. The molecule has 0 bridgehead atoms. The zero-order valence-electron chi connectivity index (χ0n) is 14.7. The van der Waals surface area contributed by atoms with Gasteiger partial charge in [-0.25, -0.2) is 4.68 Å². The maximum Gasteiger partial charge on any atom is 0.0827 e. The minimum absolute atomic E-state index is 0.544. The van der Waals surface area contributed by atoms with Crippen LogP contribution in [0.3, 0.4) is 0 Å². The van der Waals surface area contributed by atoms with Crippen molar-refractivity contribution in [3.05, 3.63) is 24.5 Å². The monoisotopic (exact) mass is 340 g/mol. The molecule has 0 fully saturated rings. The van der Waals surface area contributed by atoms with Gasteiger partial charge in [-0.1, -0.05) is 17.7 Å². The predicted octanol–water partition coefficient (Wildman–Crippen LogP) is 1.58. The van der Waals surface area contributed by atoms with Gasteiger partial charge in [0, 0.05) is 12.7 Å². The van der Waals surface area contributed by atoms with E-state index < -0.39 is 0 Å². The Bertz CT molecular complexity index is 412. The SMILES string of the molecule is C=CCCCCCc1cn(CCOCCOCCOCCN)nn1. The van der Waals surface area contributed by atoms with Crippen LogP contribution in [0.5, 0.6) is 0 Å². The van der Waals surface area contributed by atoms with Crippen molar-refractivity contribution >= 4 is 0 Å². The minimum Gasteiger partial charge on any atom is -0.378 e. The molecule has 0 radical (unpaired) electrons.